The maximum Gasteiger partial charge on any atom is 0.244 e. The molecular weight excluding hydrogens is 446 g/mol. The normalized spacial score (nSPS) is 13.1. The molecule has 1 unspecified atom stereocenters. The molecule has 1 amide bonds. The molecule has 2 N–H and O–H groups in total. The van der Waals surface area contributed by atoms with E-state index >= 15 is 0 Å². The smallest absolute Gasteiger partial charge is 0.244 e. The van der Waals surface area contributed by atoms with Gasteiger partial charge in [-0.25, -0.2) is 0 Å². The van der Waals surface area contributed by atoms with Crippen molar-refractivity contribution in [3.05, 3.63) is 107 Å². The van der Waals surface area contributed by atoms with E-state index in [4.69, 9.17) is 0 Å². The number of aromatic amines is 1. The molecular formula is C27H24N3O3S-. The minimum absolute atomic E-state index is 0.406. The summed E-state index contributed by atoms with van der Waals surface area (Å²) in [5.74, 6) is -0.865. The number of allylic oxidation sites excluding steroid dienone is 1. The number of nitrogens with zero attached hydrogens (tertiary/aromatic N) is 1. The summed E-state index contributed by atoms with van der Waals surface area (Å²) in [6, 6.07) is 24.6. The summed E-state index contributed by atoms with van der Waals surface area (Å²) in [6.07, 6.45) is 5.66. The lowest BCUT2D eigenvalue weighted by Crippen LogP contribution is -2.24. The highest BCUT2D eigenvalue weighted by Gasteiger charge is 2.14. The van der Waals surface area contributed by atoms with Crippen LogP contribution in [0.2, 0.25) is 0 Å². The molecule has 1 atom stereocenters. The van der Waals surface area contributed by atoms with Crippen LogP contribution in [0.3, 0.4) is 0 Å². The lowest BCUT2D eigenvalue weighted by Gasteiger charge is -2.17. The van der Waals surface area contributed by atoms with Crippen molar-refractivity contribution in [2.45, 2.75) is 13.3 Å². The Kier molecular flexibility index (Phi) is 7.47. The fourth-order valence-corrected chi connectivity index (χ4v) is 4.16. The largest absolute Gasteiger partial charge is 0.771 e. The van der Waals surface area contributed by atoms with E-state index in [1.165, 1.54) is 17.2 Å². The maximum atomic E-state index is 11.8. The summed E-state index contributed by atoms with van der Waals surface area (Å²) in [6.45, 7) is 2.16. The van der Waals surface area contributed by atoms with Gasteiger partial charge >= 0.3 is 0 Å². The Morgan fingerprint density at radius 1 is 1.03 bits per heavy atom. The predicted molar refractivity (Wildman–Crippen MR) is 136 cm³/mol. The monoisotopic (exact) mass is 470 g/mol. The molecule has 7 heteroatoms. The third-order valence-electron chi connectivity index (χ3n) is 5.50. The van der Waals surface area contributed by atoms with Gasteiger partial charge in [0.05, 0.1) is 17.6 Å². The number of aromatic nitrogens is 2. The highest BCUT2D eigenvalue weighted by Crippen LogP contribution is 2.35. The Hall–Kier alpha value is -3.81. The summed E-state index contributed by atoms with van der Waals surface area (Å²) in [7, 11) is 0. The van der Waals surface area contributed by atoms with Crippen LogP contribution in [0.1, 0.15) is 35.6 Å². The molecule has 1 aromatic heterocycles. The van der Waals surface area contributed by atoms with E-state index in [1.54, 1.807) is 6.08 Å². The van der Waals surface area contributed by atoms with Crippen molar-refractivity contribution in [3.63, 3.8) is 0 Å². The van der Waals surface area contributed by atoms with Crippen LogP contribution in [0.5, 0.6) is 0 Å². The first-order chi connectivity index (χ1) is 16.5. The second-order valence-corrected chi connectivity index (χ2v) is 8.59. The summed E-state index contributed by atoms with van der Waals surface area (Å²) >= 11 is -2.32. The van der Waals surface area contributed by atoms with Crippen molar-refractivity contribution in [2.75, 3.05) is 5.88 Å². The quantitative estimate of drug-likeness (QED) is 0.217. The molecule has 0 radical (unpaired) electrons. The minimum Gasteiger partial charge on any atom is -0.771 e. The number of nitrogens with one attached hydrogen (secondary N) is 2. The molecule has 1 heterocycles. The van der Waals surface area contributed by atoms with Crippen molar-refractivity contribution in [2.24, 2.45) is 0 Å². The van der Waals surface area contributed by atoms with Crippen LogP contribution in [0.15, 0.2) is 85.1 Å². The van der Waals surface area contributed by atoms with E-state index in [2.05, 4.69) is 46.7 Å². The first-order valence-electron chi connectivity index (χ1n) is 10.9. The summed E-state index contributed by atoms with van der Waals surface area (Å²) in [5.41, 5.74) is 7.53. The van der Waals surface area contributed by atoms with Crippen LogP contribution in [0.4, 0.5) is 0 Å². The van der Waals surface area contributed by atoms with Crippen LogP contribution in [-0.4, -0.2) is 30.7 Å². The first kappa shape index (κ1) is 23.4. The number of hydrogen-bond donors (Lipinski definition) is 2. The zero-order valence-electron chi connectivity index (χ0n) is 18.7. The second kappa shape index (κ2) is 10.9. The Balaban J connectivity index is 1.73. The van der Waals surface area contributed by atoms with E-state index in [0.29, 0.717) is 0 Å². The third-order valence-corrected chi connectivity index (χ3v) is 5.88. The van der Waals surface area contributed by atoms with E-state index in [1.807, 2.05) is 54.7 Å². The van der Waals surface area contributed by atoms with Crippen LogP contribution in [0, 0.1) is 0 Å². The predicted octanol–water partition coefficient (Wildman–Crippen LogP) is 4.90. The highest BCUT2D eigenvalue weighted by molar-refractivity contribution is 7.79. The molecule has 6 nitrogen and oxygen atoms in total. The van der Waals surface area contributed by atoms with E-state index < -0.39 is 22.9 Å². The zero-order chi connectivity index (χ0) is 23.9. The Morgan fingerprint density at radius 2 is 1.76 bits per heavy atom. The molecule has 34 heavy (non-hydrogen) atoms. The van der Waals surface area contributed by atoms with E-state index in [0.717, 1.165) is 39.6 Å². The fraction of sp³-hybridized carbons (Fsp3) is 0.111. The Bertz CT molecular complexity index is 1370. The fourth-order valence-electron chi connectivity index (χ4n) is 3.90. The molecule has 172 valence electrons. The van der Waals surface area contributed by atoms with Crippen molar-refractivity contribution < 1.29 is 13.6 Å². The van der Waals surface area contributed by atoms with E-state index in [9.17, 15) is 13.6 Å². The maximum absolute atomic E-state index is 11.8. The van der Waals surface area contributed by atoms with Crippen LogP contribution < -0.4 is 5.32 Å². The van der Waals surface area contributed by atoms with Gasteiger partial charge in [0.25, 0.3) is 0 Å². The molecule has 4 aromatic rings. The number of hydrogen-bond acceptors (Lipinski definition) is 4. The van der Waals surface area contributed by atoms with Gasteiger partial charge in [-0.15, -0.1) is 0 Å². The van der Waals surface area contributed by atoms with Gasteiger partial charge in [0.15, 0.2) is 0 Å². The molecule has 0 bridgehead atoms. The topological polar surface area (TPSA) is 97.9 Å². The summed E-state index contributed by atoms with van der Waals surface area (Å²) in [4.78, 5) is 11.8. The Labute approximate surface area is 200 Å². The number of H-pyrrole nitrogens is 1. The second-order valence-electron chi connectivity index (χ2n) is 7.69. The van der Waals surface area contributed by atoms with Gasteiger partial charge in [0.1, 0.15) is 0 Å². The van der Waals surface area contributed by atoms with Crippen molar-refractivity contribution in [3.8, 4) is 0 Å². The number of rotatable bonds is 8. The van der Waals surface area contributed by atoms with Gasteiger partial charge in [0.2, 0.25) is 5.91 Å². The molecule has 0 saturated carbocycles. The average Bonchev–Trinajstić information content (AvgIpc) is 3.33. The summed E-state index contributed by atoms with van der Waals surface area (Å²) < 4.78 is 21.2. The standard InChI is InChI=1S/C27H25N3O3S/c1-2-24(20-6-4-3-5-7-20)27(22-13-14-25-23(16-22)17-29-30-25)21-11-8-19(9-12-21)10-15-26(31)28-18-34(32)33/h3-17H,2,18H2,1H3,(H,28,31)(H,29,30)(H,32,33)/p-1/b15-10+,27-24+. The van der Waals surface area contributed by atoms with Gasteiger partial charge in [-0.05, 0) is 69.1 Å². The molecule has 0 saturated heterocycles. The zero-order valence-corrected chi connectivity index (χ0v) is 19.5. The van der Waals surface area contributed by atoms with Crippen LogP contribution in [-0.2, 0) is 15.9 Å². The van der Waals surface area contributed by atoms with Crippen molar-refractivity contribution in [1.29, 1.82) is 0 Å². The molecule has 0 spiro atoms. The molecule has 0 fully saturated rings. The van der Waals surface area contributed by atoms with E-state index in [-0.39, 0.29) is 0 Å². The van der Waals surface area contributed by atoms with Crippen LogP contribution >= 0.6 is 0 Å². The Morgan fingerprint density at radius 3 is 2.47 bits per heavy atom. The lowest BCUT2D eigenvalue weighted by atomic mass is 9.87. The van der Waals surface area contributed by atoms with Gasteiger partial charge in [-0.3, -0.25) is 14.1 Å². The number of carbonyl (C=O) groups excluding carboxylic acids is 1. The molecule has 0 aliphatic rings. The third kappa shape index (κ3) is 5.57. The van der Waals surface area contributed by atoms with Gasteiger partial charge in [-0.2, -0.15) is 5.10 Å². The molecule has 3 aromatic carbocycles. The minimum atomic E-state index is -2.32. The van der Waals surface area contributed by atoms with Gasteiger partial charge in [0, 0.05) is 11.5 Å². The molecule has 0 aliphatic heterocycles. The lowest BCUT2D eigenvalue weighted by molar-refractivity contribution is -0.116. The summed E-state index contributed by atoms with van der Waals surface area (Å²) in [5, 5.41) is 10.5. The highest BCUT2D eigenvalue weighted by atomic mass is 32.2. The van der Waals surface area contributed by atoms with Crippen molar-refractivity contribution >= 4 is 45.1 Å². The SMILES string of the molecule is CC/C(=C(/c1ccc(/C=C/C(=O)NCS(=O)[O-])cc1)c1ccc2[nH]ncc2c1)c1ccccc1. The van der Waals surface area contributed by atoms with Gasteiger partial charge in [-0.1, -0.05) is 67.6 Å². The molecule has 4 rings (SSSR count). The number of amides is 1. The first-order valence-corrected chi connectivity index (χ1v) is 12.1. The average molecular weight is 471 g/mol. The van der Waals surface area contributed by atoms with Gasteiger partial charge < -0.3 is 9.87 Å². The molecule has 0 aliphatic carbocycles. The van der Waals surface area contributed by atoms with Crippen molar-refractivity contribution in [1.82, 2.24) is 15.5 Å². The van der Waals surface area contributed by atoms with Crippen LogP contribution in [0.25, 0.3) is 28.1 Å². The number of carbonyl (C=O) groups is 1. The number of benzene rings is 3. The number of fused-ring (bicyclic) bond motifs is 1.